The number of aromatic nitrogens is 3. The molecule has 7 nitrogen and oxygen atoms in total. The number of piperidine rings is 1. The molecule has 38 heavy (non-hydrogen) atoms. The predicted octanol–water partition coefficient (Wildman–Crippen LogP) is 5.83. The van der Waals surface area contributed by atoms with Gasteiger partial charge in [-0.1, -0.05) is 6.42 Å². The number of rotatable bonds is 8. The summed E-state index contributed by atoms with van der Waals surface area (Å²) in [7, 11) is 0. The number of pyridine rings is 1. The van der Waals surface area contributed by atoms with E-state index in [1.54, 1.807) is 6.20 Å². The molecule has 9 heteroatoms. The summed E-state index contributed by atoms with van der Waals surface area (Å²) in [5.74, 6) is 0.603. The maximum absolute atomic E-state index is 14.1. The van der Waals surface area contributed by atoms with Crippen LogP contribution in [0.2, 0.25) is 0 Å². The summed E-state index contributed by atoms with van der Waals surface area (Å²) in [6.07, 6.45) is 6.34. The average molecular weight is 526 g/mol. The fourth-order valence-electron chi connectivity index (χ4n) is 5.62. The lowest BCUT2D eigenvalue weighted by atomic mass is 9.68. The third-order valence-electron chi connectivity index (χ3n) is 7.61. The molecule has 2 fully saturated rings. The summed E-state index contributed by atoms with van der Waals surface area (Å²) >= 11 is 0. The molecule has 5 rings (SSSR count). The van der Waals surface area contributed by atoms with E-state index in [9.17, 15) is 13.9 Å². The zero-order chi connectivity index (χ0) is 27.0. The molecule has 2 aromatic heterocycles. The molecule has 1 saturated carbocycles. The number of anilines is 2. The molecule has 1 saturated heterocycles. The van der Waals surface area contributed by atoms with Crippen LogP contribution in [0.25, 0.3) is 11.0 Å². The van der Waals surface area contributed by atoms with E-state index < -0.39 is 17.2 Å². The molecule has 1 aliphatic carbocycles. The Hall–Kier alpha value is -3.07. The van der Waals surface area contributed by atoms with Gasteiger partial charge in [0.25, 0.3) is 0 Å². The summed E-state index contributed by atoms with van der Waals surface area (Å²) in [6, 6.07) is 5.52. The molecule has 1 aromatic carbocycles. The Balaban J connectivity index is 1.38. The van der Waals surface area contributed by atoms with Crippen LogP contribution in [0.1, 0.15) is 71.4 Å². The molecule has 3 aromatic rings. The molecule has 0 spiro atoms. The van der Waals surface area contributed by atoms with Gasteiger partial charge >= 0.3 is 0 Å². The van der Waals surface area contributed by atoms with Gasteiger partial charge < -0.3 is 20.1 Å². The van der Waals surface area contributed by atoms with Crippen molar-refractivity contribution in [3.05, 3.63) is 47.8 Å². The fraction of sp³-hybridized carbons (Fsp3) is 0.552. The number of aliphatic hydroxyl groups is 1. The van der Waals surface area contributed by atoms with Gasteiger partial charge in [0, 0.05) is 49.7 Å². The van der Waals surface area contributed by atoms with Crippen LogP contribution < -0.4 is 15.0 Å². The first-order chi connectivity index (χ1) is 18.1. The van der Waals surface area contributed by atoms with Gasteiger partial charge in [-0.3, -0.25) is 4.98 Å². The van der Waals surface area contributed by atoms with Crippen LogP contribution in [0.3, 0.4) is 0 Å². The summed E-state index contributed by atoms with van der Waals surface area (Å²) < 4.78 is 33.1. The largest absolute Gasteiger partial charge is 0.487 e. The third kappa shape index (κ3) is 5.67. The molecule has 1 atom stereocenters. The minimum Gasteiger partial charge on any atom is -0.487 e. The molecule has 204 valence electrons. The summed E-state index contributed by atoms with van der Waals surface area (Å²) in [4.78, 5) is 16.8. The van der Waals surface area contributed by atoms with Crippen LogP contribution in [-0.2, 0) is 0 Å². The van der Waals surface area contributed by atoms with E-state index in [1.165, 1.54) is 18.6 Å². The number of benzene rings is 1. The van der Waals surface area contributed by atoms with Crippen molar-refractivity contribution in [1.29, 1.82) is 0 Å². The van der Waals surface area contributed by atoms with E-state index in [2.05, 4.69) is 24.1 Å². The van der Waals surface area contributed by atoms with Crippen LogP contribution in [0.4, 0.5) is 20.4 Å². The topological polar surface area (TPSA) is 83.4 Å². The van der Waals surface area contributed by atoms with Crippen molar-refractivity contribution in [1.82, 2.24) is 15.0 Å². The molecular weight excluding hydrogens is 488 g/mol. The highest BCUT2D eigenvalue weighted by atomic mass is 19.1. The molecular formula is C29H37F2N5O2. The molecule has 0 amide bonds. The lowest BCUT2D eigenvalue weighted by Gasteiger charge is -2.40. The minimum absolute atomic E-state index is 0.0476. The maximum Gasteiger partial charge on any atom is 0.172 e. The predicted molar refractivity (Wildman–Crippen MR) is 145 cm³/mol. The van der Waals surface area contributed by atoms with E-state index in [4.69, 9.17) is 19.7 Å². The van der Waals surface area contributed by atoms with E-state index in [0.717, 1.165) is 35.9 Å². The van der Waals surface area contributed by atoms with Gasteiger partial charge in [0.15, 0.2) is 23.2 Å². The Labute approximate surface area is 222 Å². The standard InChI is InChI=1S/C29H37F2N5O2/c1-17(2)33-27-28(36-12-10-20(11-13-36)38-25-9-8-19(30)14-21(25)31)35-24-16-32-23(15-22(24)34-27)26(29(3,4)37)18-6-5-7-18/h8-9,14-18,20,26,37H,5-7,10-13H2,1-4H3,(H,33,34). The summed E-state index contributed by atoms with van der Waals surface area (Å²) in [5.41, 5.74) is 1.44. The van der Waals surface area contributed by atoms with Crippen molar-refractivity contribution >= 4 is 22.7 Å². The van der Waals surface area contributed by atoms with Crippen molar-refractivity contribution in [2.24, 2.45) is 5.92 Å². The van der Waals surface area contributed by atoms with E-state index in [-0.39, 0.29) is 23.8 Å². The van der Waals surface area contributed by atoms with E-state index in [1.807, 2.05) is 19.9 Å². The fourth-order valence-corrected chi connectivity index (χ4v) is 5.62. The van der Waals surface area contributed by atoms with Gasteiger partial charge in [-0.15, -0.1) is 0 Å². The zero-order valence-corrected chi connectivity index (χ0v) is 22.5. The lowest BCUT2D eigenvalue weighted by Crippen LogP contribution is -2.39. The minimum atomic E-state index is -0.874. The second-order valence-electron chi connectivity index (χ2n) is 11.5. The molecule has 3 heterocycles. The number of ether oxygens (including phenoxy) is 1. The first kappa shape index (κ1) is 26.5. The number of nitrogens with one attached hydrogen (secondary N) is 1. The van der Waals surface area contributed by atoms with Gasteiger partial charge in [-0.25, -0.2) is 18.7 Å². The van der Waals surface area contributed by atoms with Crippen molar-refractivity contribution < 1.29 is 18.6 Å². The second-order valence-corrected chi connectivity index (χ2v) is 11.5. The first-order valence-corrected chi connectivity index (χ1v) is 13.6. The Kier molecular flexibility index (Phi) is 7.40. The third-order valence-corrected chi connectivity index (χ3v) is 7.61. The van der Waals surface area contributed by atoms with Gasteiger partial charge in [0.05, 0.1) is 17.3 Å². The van der Waals surface area contributed by atoms with Gasteiger partial charge in [0.2, 0.25) is 0 Å². The molecule has 0 radical (unpaired) electrons. The molecule has 0 bridgehead atoms. The van der Waals surface area contributed by atoms with Crippen molar-refractivity contribution in [2.45, 2.75) is 83.5 Å². The highest BCUT2D eigenvalue weighted by Gasteiger charge is 2.39. The number of hydrogen-bond acceptors (Lipinski definition) is 7. The Morgan fingerprint density at radius 2 is 1.79 bits per heavy atom. The van der Waals surface area contributed by atoms with Crippen LogP contribution in [0.15, 0.2) is 30.5 Å². The Morgan fingerprint density at radius 3 is 2.39 bits per heavy atom. The van der Waals surface area contributed by atoms with Gasteiger partial charge in [-0.2, -0.15) is 0 Å². The van der Waals surface area contributed by atoms with Crippen LogP contribution in [-0.4, -0.2) is 50.9 Å². The first-order valence-electron chi connectivity index (χ1n) is 13.6. The maximum atomic E-state index is 14.1. The monoisotopic (exact) mass is 525 g/mol. The quantitative estimate of drug-likeness (QED) is 0.383. The molecule has 1 aliphatic heterocycles. The molecule has 2 aliphatic rings. The number of fused-ring (bicyclic) bond motifs is 1. The number of hydrogen-bond donors (Lipinski definition) is 2. The van der Waals surface area contributed by atoms with E-state index in [0.29, 0.717) is 43.2 Å². The van der Waals surface area contributed by atoms with Crippen molar-refractivity contribution in [3.63, 3.8) is 0 Å². The number of halogens is 2. The van der Waals surface area contributed by atoms with Crippen molar-refractivity contribution in [3.8, 4) is 5.75 Å². The van der Waals surface area contributed by atoms with E-state index >= 15 is 0 Å². The normalized spacial score (nSPS) is 18.1. The zero-order valence-electron chi connectivity index (χ0n) is 22.5. The van der Waals surface area contributed by atoms with Crippen LogP contribution >= 0.6 is 0 Å². The highest BCUT2D eigenvalue weighted by molar-refractivity contribution is 5.80. The van der Waals surface area contributed by atoms with Crippen LogP contribution in [0, 0.1) is 17.6 Å². The van der Waals surface area contributed by atoms with Crippen molar-refractivity contribution in [2.75, 3.05) is 23.3 Å². The smallest absolute Gasteiger partial charge is 0.172 e. The average Bonchev–Trinajstić information content (AvgIpc) is 2.82. The lowest BCUT2D eigenvalue weighted by molar-refractivity contribution is 0.00871. The van der Waals surface area contributed by atoms with Crippen LogP contribution in [0.5, 0.6) is 5.75 Å². The van der Waals surface area contributed by atoms with Gasteiger partial charge in [0.1, 0.15) is 17.4 Å². The molecule has 2 N–H and O–H groups in total. The second kappa shape index (κ2) is 10.6. The SMILES string of the molecule is CC(C)Nc1nc2cc(C(C3CCC3)C(C)(C)O)ncc2nc1N1CCC(Oc2ccc(F)cc2F)CC1. The summed E-state index contributed by atoms with van der Waals surface area (Å²) in [6.45, 7) is 9.17. The highest BCUT2D eigenvalue weighted by Crippen LogP contribution is 2.45. The Bertz CT molecular complexity index is 1280. The van der Waals surface area contributed by atoms with Gasteiger partial charge in [-0.05, 0) is 64.7 Å². The molecule has 1 unspecified atom stereocenters. The Morgan fingerprint density at radius 1 is 1.05 bits per heavy atom. The summed E-state index contributed by atoms with van der Waals surface area (Å²) in [5, 5.41) is 14.4. The number of nitrogens with zero attached hydrogens (tertiary/aromatic N) is 4.